The van der Waals surface area contributed by atoms with Gasteiger partial charge in [0.05, 0.1) is 25.3 Å². The Morgan fingerprint density at radius 3 is 1.67 bits per heavy atom. The second kappa shape index (κ2) is 4.97. The minimum Gasteiger partial charge on any atom is -0.465 e. The van der Waals surface area contributed by atoms with Crippen molar-refractivity contribution in [1.82, 2.24) is 0 Å². The molecular weight excluding hydrogens is 276 g/mol. The van der Waals surface area contributed by atoms with Gasteiger partial charge in [0.25, 0.3) is 0 Å². The number of fused-ring (bicyclic) bond motifs is 2. The van der Waals surface area contributed by atoms with Crippen LogP contribution in [0.3, 0.4) is 0 Å². The standard InChI is InChI=1S/C15H12O6/c1-18-14(16)10-3-8-5-12-13(21-7-20-12)6-9(8)4-11(10)15(17)19-2/h3-6H,7H2,1-2H3. The molecule has 0 aliphatic carbocycles. The quantitative estimate of drug-likeness (QED) is 0.788. The number of benzene rings is 2. The molecule has 21 heavy (non-hydrogen) atoms. The second-order valence-electron chi connectivity index (χ2n) is 4.43. The van der Waals surface area contributed by atoms with E-state index in [1.165, 1.54) is 14.2 Å². The molecule has 0 bridgehead atoms. The van der Waals surface area contributed by atoms with Crippen LogP contribution in [0.1, 0.15) is 20.7 Å². The van der Waals surface area contributed by atoms with Crippen LogP contribution in [-0.4, -0.2) is 33.0 Å². The summed E-state index contributed by atoms with van der Waals surface area (Å²) in [6.07, 6.45) is 0. The van der Waals surface area contributed by atoms with E-state index >= 15 is 0 Å². The first-order valence-electron chi connectivity index (χ1n) is 6.18. The van der Waals surface area contributed by atoms with E-state index in [0.717, 1.165) is 10.8 Å². The molecule has 0 saturated heterocycles. The third kappa shape index (κ3) is 2.14. The van der Waals surface area contributed by atoms with Crippen LogP contribution >= 0.6 is 0 Å². The molecule has 1 aliphatic rings. The molecule has 0 unspecified atom stereocenters. The van der Waals surface area contributed by atoms with Crippen LogP contribution in [0.5, 0.6) is 11.5 Å². The van der Waals surface area contributed by atoms with Crippen molar-refractivity contribution in [2.45, 2.75) is 0 Å². The number of hydrogen-bond acceptors (Lipinski definition) is 6. The maximum atomic E-state index is 11.8. The van der Waals surface area contributed by atoms with Crippen LogP contribution in [0.15, 0.2) is 24.3 Å². The van der Waals surface area contributed by atoms with Gasteiger partial charge in [-0.05, 0) is 35.0 Å². The van der Waals surface area contributed by atoms with Crippen LogP contribution in [0, 0.1) is 0 Å². The van der Waals surface area contributed by atoms with Crippen molar-refractivity contribution < 1.29 is 28.5 Å². The lowest BCUT2D eigenvalue weighted by Crippen LogP contribution is -2.11. The monoisotopic (exact) mass is 288 g/mol. The summed E-state index contributed by atoms with van der Waals surface area (Å²) >= 11 is 0. The van der Waals surface area contributed by atoms with E-state index in [2.05, 4.69) is 0 Å². The minimum absolute atomic E-state index is 0.149. The molecule has 2 aromatic rings. The highest BCUT2D eigenvalue weighted by atomic mass is 16.7. The normalized spacial score (nSPS) is 12.3. The molecule has 0 amide bonds. The van der Waals surface area contributed by atoms with E-state index < -0.39 is 11.9 Å². The Morgan fingerprint density at radius 1 is 0.857 bits per heavy atom. The van der Waals surface area contributed by atoms with E-state index in [-0.39, 0.29) is 17.9 Å². The lowest BCUT2D eigenvalue weighted by Gasteiger charge is -2.09. The average Bonchev–Trinajstić information content (AvgIpc) is 2.96. The van der Waals surface area contributed by atoms with Crippen LogP contribution in [-0.2, 0) is 9.47 Å². The first kappa shape index (κ1) is 13.2. The van der Waals surface area contributed by atoms with Gasteiger partial charge in [0.2, 0.25) is 6.79 Å². The molecule has 0 saturated carbocycles. The number of hydrogen-bond donors (Lipinski definition) is 0. The summed E-state index contributed by atoms with van der Waals surface area (Å²) in [4.78, 5) is 23.7. The van der Waals surface area contributed by atoms with Gasteiger partial charge in [-0.15, -0.1) is 0 Å². The van der Waals surface area contributed by atoms with Crippen molar-refractivity contribution in [3.05, 3.63) is 35.4 Å². The Balaban J connectivity index is 2.25. The molecule has 6 heteroatoms. The number of carbonyl (C=O) groups excluding carboxylic acids is 2. The second-order valence-corrected chi connectivity index (χ2v) is 4.43. The molecule has 0 radical (unpaired) electrons. The third-order valence-electron chi connectivity index (χ3n) is 3.28. The number of ether oxygens (including phenoxy) is 4. The van der Waals surface area contributed by atoms with Crippen molar-refractivity contribution in [2.24, 2.45) is 0 Å². The van der Waals surface area contributed by atoms with Gasteiger partial charge in [0.1, 0.15) is 0 Å². The highest BCUT2D eigenvalue weighted by molar-refractivity contribution is 6.07. The molecule has 3 rings (SSSR count). The molecule has 0 N–H and O–H groups in total. The Kier molecular flexibility index (Phi) is 3.13. The van der Waals surface area contributed by atoms with Crippen LogP contribution < -0.4 is 9.47 Å². The van der Waals surface area contributed by atoms with Crippen molar-refractivity contribution in [3.63, 3.8) is 0 Å². The topological polar surface area (TPSA) is 71.1 Å². The van der Waals surface area contributed by atoms with E-state index in [4.69, 9.17) is 18.9 Å². The molecule has 6 nitrogen and oxygen atoms in total. The SMILES string of the molecule is COC(=O)c1cc2cc3c(cc2cc1C(=O)OC)OCO3. The third-order valence-corrected chi connectivity index (χ3v) is 3.28. The molecule has 2 aromatic carbocycles. The van der Waals surface area contributed by atoms with Gasteiger partial charge >= 0.3 is 11.9 Å². The maximum absolute atomic E-state index is 11.8. The van der Waals surface area contributed by atoms with Crippen molar-refractivity contribution in [3.8, 4) is 11.5 Å². The Hall–Kier alpha value is -2.76. The molecule has 108 valence electrons. The van der Waals surface area contributed by atoms with Gasteiger partial charge in [-0.1, -0.05) is 0 Å². The first-order chi connectivity index (χ1) is 10.1. The number of methoxy groups -OCH3 is 2. The van der Waals surface area contributed by atoms with E-state index in [0.29, 0.717) is 11.5 Å². The minimum atomic E-state index is -0.602. The van der Waals surface area contributed by atoms with E-state index in [1.807, 2.05) is 0 Å². The summed E-state index contributed by atoms with van der Waals surface area (Å²) in [6.45, 7) is 0.152. The zero-order valence-electron chi connectivity index (χ0n) is 11.5. The fraction of sp³-hybridized carbons (Fsp3) is 0.200. The van der Waals surface area contributed by atoms with Gasteiger partial charge in [0.15, 0.2) is 11.5 Å². The Bertz CT molecular complexity index is 687. The summed E-state index contributed by atoms with van der Waals surface area (Å²) in [6, 6.07) is 6.67. The van der Waals surface area contributed by atoms with Gasteiger partial charge in [-0.25, -0.2) is 9.59 Å². The van der Waals surface area contributed by atoms with Gasteiger partial charge < -0.3 is 18.9 Å². The first-order valence-corrected chi connectivity index (χ1v) is 6.18. The summed E-state index contributed by atoms with van der Waals surface area (Å²) < 4.78 is 20.0. The predicted molar refractivity (Wildman–Crippen MR) is 72.8 cm³/mol. The number of rotatable bonds is 2. The summed E-state index contributed by atoms with van der Waals surface area (Å²) in [5, 5.41) is 1.49. The molecule has 1 heterocycles. The molecule has 0 aromatic heterocycles. The highest BCUT2D eigenvalue weighted by Crippen LogP contribution is 2.37. The fourth-order valence-corrected chi connectivity index (χ4v) is 2.25. The van der Waals surface area contributed by atoms with E-state index in [9.17, 15) is 9.59 Å². The van der Waals surface area contributed by atoms with Crippen molar-refractivity contribution >= 4 is 22.7 Å². The fourth-order valence-electron chi connectivity index (χ4n) is 2.25. The van der Waals surface area contributed by atoms with Crippen molar-refractivity contribution in [2.75, 3.05) is 21.0 Å². The lowest BCUT2D eigenvalue weighted by molar-refractivity contribution is 0.0555. The maximum Gasteiger partial charge on any atom is 0.338 e. The lowest BCUT2D eigenvalue weighted by atomic mass is 10.0. The van der Waals surface area contributed by atoms with Gasteiger partial charge in [-0.2, -0.15) is 0 Å². The number of carbonyl (C=O) groups is 2. The molecule has 0 fully saturated rings. The summed E-state index contributed by atoms with van der Waals surface area (Å²) in [7, 11) is 2.51. The molecule has 1 aliphatic heterocycles. The number of esters is 2. The highest BCUT2D eigenvalue weighted by Gasteiger charge is 2.21. The van der Waals surface area contributed by atoms with E-state index in [1.54, 1.807) is 24.3 Å². The smallest absolute Gasteiger partial charge is 0.338 e. The largest absolute Gasteiger partial charge is 0.465 e. The molecule has 0 spiro atoms. The zero-order chi connectivity index (χ0) is 15.0. The predicted octanol–water partition coefficient (Wildman–Crippen LogP) is 2.14. The Labute approximate surface area is 120 Å². The molecule has 0 atom stereocenters. The zero-order valence-corrected chi connectivity index (χ0v) is 11.5. The average molecular weight is 288 g/mol. The van der Waals surface area contributed by atoms with Crippen LogP contribution in [0.25, 0.3) is 10.8 Å². The van der Waals surface area contributed by atoms with Gasteiger partial charge in [-0.3, -0.25) is 0 Å². The van der Waals surface area contributed by atoms with Crippen LogP contribution in [0.2, 0.25) is 0 Å². The summed E-state index contributed by atoms with van der Waals surface area (Å²) in [5.41, 5.74) is 0.298. The Morgan fingerprint density at radius 2 is 1.29 bits per heavy atom. The van der Waals surface area contributed by atoms with Gasteiger partial charge in [0, 0.05) is 0 Å². The van der Waals surface area contributed by atoms with Crippen LogP contribution in [0.4, 0.5) is 0 Å². The van der Waals surface area contributed by atoms with Crippen molar-refractivity contribution in [1.29, 1.82) is 0 Å². The molecular formula is C15H12O6. The summed E-state index contributed by atoms with van der Waals surface area (Å²) in [5.74, 6) is -0.00167.